The first kappa shape index (κ1) is 42.1. The highest BCUT2D eigenvalue weighted by molar-refractivity contribution is 5.90. The largest absolute Gasteiger partial charge is 0.460 e. The van der Waals surface area contributed by atoms with E-state index in [1.54, 1.807) is 0 Å². The molecule has 0 fully saturated rings. The van der Waals surface area contributed by atoms with Gasteiger partial charge in [0.1, 0.15) is 11.5 Å². The lowest BCUT2D eigenvalue weighted by atomic mass is 9.67. The van der Waals surface area contributed by atoms with Gasteiger partial charge in [0.2, 0.25) is 0 Å². The molecule has 0 amide bonds. The van der Waals surface area contributed by atoms with Crippen LogP contribution in [0.4, 0.5) is 11.4 Å². The number of rotatable bonds is 7. The standard InChI is InChI=1S/C68H53NO/c1-67(2)61-31-16-13-26-55(61)57-42-40-52(44-63(57)67)69(51-25-12-11-22-47(36-39-51)46-20-7-4-3-5-8-21-46)53-41-43-58-56-27-14-17-32-62(56)68(64(58)45-53,49-23-9-6-10-24-49)50-37-34-48(35-38-50)54-29-19-30-60-59-28-15-18-33-65(59)70-66(54)60/h3-4,6-7,9-10,13-18,20,23-28,31-47,60H,5,12,19,29-30H2,1-2H3/b4-3-,20-7-,39-36-,51-25+. The Kier molecular flexibility index (Phi) is 10.1. The van der Waals surface area contributed by atoms with Crippen LogP contribution in [0, 0.1) is 35.5 Å². The summed E-state index contributed by atoms with van der Waals surface area (Å²) in [6, 6.07) is 61.7. The van der Waals surface area contributed by atoms with Crippen LogP contribution in [0.2, 0.25) is 0 Å². The fraction of sp³-hybridized carbons (Fsp3) is 0.176. The average molecular weight is 900 g/mol. The van der Waals surface area contributed by atoms with Crippen molar-refractivity contribution in [1.82, 2.24) is 0 Å². The Labute approximate surface area is 413 Å². The van der Waals surface area contributed by atoms with Gasteiger partial charge in [0.25, 0.3) is 0 Å². The number of hydrogen-bond donors (Lipinski definition) is 0. The molecular weight excluding hydrogens is 847 g/mol. The van der Waals surface area contributed by atoms with Crippen LogP contribution in [0.15, 0.2) is 218 Å². The topological polar surface area (TPSA) is 12.5 Å². The molecule has 5 aliphatic carbocycles. The van der Waals surface area contributed by atoms with Crippen LogP contribution in [-0.4, -0.2) is 0 Å². The smallest absolute Gasteiger partial charge is 0.130 e. The molecular formula is C68H53NO. The highest BCUT2D eigenvalue weighted by atomic mass is 16.5. The van der Waals surface area contributed by atoms with Crippen molar-refractivity contribution in [1.29, 1.82) is 0 Å². The normalized spacial score (nSPS) is 23.7. The van der Waals surface area contributed by atoms with E-state index in [2.05, 4.69) is 249 Å². The lowest BCUT2D eigenvalue weighted by Gasteiger charge is -2.35. The number of anilines is 2. The maximum absolute atomic E-state index is 6.67. The van der Waals surface area contributed by atoms with Gasteiger partial charge in [0, 0.05) is 46.8 Å². The molecule has 0 aromatic heterocycles. The number of benzene rings is 7. The summed E-state index contributed by atoms with van der Waals surface area (Å²) in [6.45, 7) is 4.74. The molecule has 70 heavy (non-hydrogen) atoms. The maximum atomic E-state index is 6.67. The van der Waals surface area contributed by atoms with E-state index in [4.69, 9.17) is 4.74 Å². The molecule has 6 aliphatic rings. The van der Waals surface area contributed by atoms with E-state index in [1.807, 2.05) is 0 Å². The Hall–Kier alpha value is -8.04. The molecule has 336 valence electrons. The monoisotopic (exact) mass is 899 g/mol. The van der Waals surface area contributed by atoms with Gasteiger partial charge in [0.15, 0.2) is 0 Å². The van der Waals surface area contributed by atoms with Crippen LogP contribution < -0.4 is 9.64 Å². The van der Waals surface area contributed by atoms with Crippen LogP contribution in [0.3, 0.4) is 0 Å². The minimum absolute atomic E-state index is 0.00991. The Bertz CT molecular complexity index is 3550. The van der Waals surface area contributed by atoms with Gasteiger partial charge in [-0.2, -0.15) is 0 Å². The number of nitrogens with zero attached hydrogens (tertiary/aromatic N) is 1. The molecule has 4 atom stereocenters. The first-order chi connectivity index (χ1) is 34.5. The molecule has 13 rings (SSSR count). The second kappa shape index (κ2) is 16.9. The molecule has 0 bridgehead atoms. The van der Waals surface area contributed by atoms with Crippen molar-refractivity contribution in [2.75, 3.05) is 4.90 Å². The molecule has 0 saturated heterocycles. The third-order valence-corrected chi connectivity index (χ3v) is 15.9. The Balaban J connectivity index is 0.988. The first-order valence-corrected chi connectivity index (χ1v) is 25.1. The second-order valence-corrected chi connectivity index (χ2v) is 20.0. The Morgan fingerprint density at radius 1 is 0.571 bits per heavy atom. The summed E-state index contributed by atoms with van der Waals surface area (Å²) in [7, 11) is 0. The van der Waals surface area contributed by atoms with Crippen molar-refractivity contribution >= 4 is 16.9 Å². The number of para-hydroxylation sites is 1. The van der Waals surface area contributed by atoms with Crippen molar-refractivity contribution < 1.29 is 4.74 Å². The van der Waals surface area contributed by atoms with Gasteiger partial charge < -0.3 is 9.64 Å². The number of allylic oxidation sites excluding steroid dienone is 9. The van der Waals surface area contributed by atoms with E-state index >= 15 is 0 Å². The van der Waals surface area contributed by atoms with Crippen molar-refractivity contribution in [3.63, 3.8) is 0 Å². The Morgan fingerprint density at radius 3 is 2.03 bits per heavy atom. The highest BCUT2D eigenvalue weighted by Crippen LogP contribution is 2.58. The molecule has 2 heteroatoms. The van der Waals surface area contributed by atoms with E-state index in [0.717, 1.165) is 54.3 Å². The minimum atomic E-state index is -0.596. The van der Waals surface area contributed by atoms with Gasteiger partial charge >= 0.3 is 0 Å². The average Bonchev–Trinajstić information content (AvgIpc) is 3.99. The lowest BCUT2D eigenvalue weighted by molar-refractivity contribution is 0.409. The molecule has 2 nitrogen and oxygen atoms in total. The van der Waals surface area contributed by atoms with Crippen LogP contribution in [0.1, 0.15) is 96.4 Å². The quantitative estimate of drug-likeness (QED) is 0.148. The molecule has 7 aromatic rings. The third kappa shape index (κ3) is 6.66. The molecule has 7 aromatic carbocycles. The molecule has 0 spiro atoms. The minimum Gasteiger partial charge on any atom is -0.460 e. The SMILES string of the molecule is CC1(C)c2ccccc2-c2ccc(N(C3=C/CC#CC(C4C#CC/C=C\C=C/4)/C=C\3)c3ccc4c(c3)C(c3ccccc3)(c3ccc(C5=C6Oc7ccccc7C6CCC5)cc3)c3ccccc3-4)cc21. The summed E-state index contributed by atoms with van der Waals surface area (Å²) in [5, 5.41) is 0. The van der Waals surface area contributed by atoms with E-state index in [1.165, 1.54) is 72.3 Å². The first-order valence-electron chi connectivity index (χ1n) is 25.1. The summed E-state index contributed by atoms with van der Waals surface area (Å²) in [5.74, 6) is 16.5. The molecule has 1 aliphatic heterocycles. The van der Waals surface area contributed by atoms with Crippen molar-refractivity contribution in [3.05, 3.63) is 262 Å². The van der Waals surface area contributed by atoms with Crippen LogP contribution >= 0.6 is 0 Å². The number of fused-ring (bicyclic) bond motifs is 9. The van der Waals surface area contributed by atoms with Crippen LogP contribution in [0.25, 0.3) is 27.8 Å². The lowest BCUT2D eigenvalue weighted by Crippen LogP contribution is -2.29. The maximum Gasteiger partial charge on any atom is 0.130 e. The number of ether oxygens (including phenoxy) is 1. The molecule has 4 unspecified atom stereocenters. The van der Waals surface area contributed by atoms with E-state index in [0.29, 0.717) is 12.3 Å². The fourth-order valence-corrected chi connectivity index (χ4v) is 12.6. The van der Waals surface area contributed by atoms with Gasteiger partial charge in [-0.1, -0.05) is 201 Å². The van der Waals surface area contributed by atoms with Crippen molar-refractivity contribution in [2.45, 2.75) is 62.7 Å². The van der Waals surface area contributed by atoms with Gasteiger partial charge in [0.05, 0.1) is 17.3 Å². The fourth-order valence-electron chi connectivity index (χ4n) is 12.6. The predicted molar refractivity (Wildman–Crippen MR) is 288 cm³/mol. The molecule has 0 saturated carbocycles. The zero-order valence-corrected chi connectivity index (χ0v) is 39.8. The van der Waals surface area contributed by atoms with E-state index in [9.17, 15) is 0 Å². The summed E-state index contributed by atoms with van der Waals surface area (Å²) >= 11 is 0. The van der Waals surface area contributed by atoms with Crippen LogP contribution in [-0.2, 0) is 10.8 Å². The molecule has 0 N–H and O–H groups in total. The zero-order chi connectivity index (χ0) is 46.8. The highest BCUT2D eigenvalue weighted by Gasteiger charge is 2.47. The van der Waals surface area contributed by atoms with Crippen molar-refractivity contribution in [3.8, 4) is 51.7 Å². The summed E-state index contributed by atoms with van der Waals surface area (Å²) < 4.78 is 6.67. The van der Waals surface area contributed by atoms with Gasteiger partial charge in [-0.05, 0) is 129 Å². The van der Waals surface area contributed by atoms with Gasteiger partial charge in [-0.15, -0.1) is 0 Å². The second-order valence-electron chi connectivity index (χ2n) is 20.0. The third-order valence-electron chi connectivity index (χ3n) is 15.9. The Morgan fingerprint density at radius 2 is 1.21 bits per heavy atom. The van der Waals surface area contributed by atoms with Gasteiger partial charge in [-0.3, -0.25) is 0 Å². The summed E-state index contributed by atoms with van der Waals surface area (Å²) in [4.78, 5) is 2.48. The van der Waals surface area contributed by atoms with E-state index in [-0.39, 0.29) is 17.3 Å². The molecule has 0 radical (unpaired) electrons. The summed E-state index contributed by atoms with van der Waals surface area (Å²) in [5.41, 5.74) is 19.4. The van der Waals surface area contributed by atoms with Crippen LogP contribution in [0.5, 0.6) is 5.75 Å². The van der Waals surface area contributed by atoms with E-state index < -0.39 is 5.41 Å². The van der Waals surface area contributed by atoms with Gasteiger partial charge in [-0.25, -0.2) is 0 Å². The zero-order valence-electron chi connectivity index (χ0n) is 39.8. The summed E-state index contributed by atoms with van der Waals surface area (Å²) in [6.07, 6.45) is 20.1. The van der Waals surface area contributed by atoms with Crippen molar-refractivity contribution in [2.24, 2.45) is 11.8 Å². The molecule has 1 heterocycles. The predicted octanol–water partition coefficient (Wildman–Crippen LogP) is 16.2. The number of hydrogen-bond acceptors (Lipinski definition) is 2.